The molecule has 0 unspecified atom stereocenters. The van der Waals surface area contributed by atoms with Crippen LogP contribution in [0.5, 0.6) is 0 Å². The van der Waals surface area contributed by atoms with E-state index >= 15 is 0 Å². The topological polar surface area (TPSA) is 28.0 Å². The summed E-state index contributed by atoms with van der Waals surface area (Å²) in [6.07, 6.45) is 0. The molecule has 0 saturated heterocycles. The van der Waals surface area contributed by atoms with Crippen LogP contribution in [0.15, 0.2) is 40.5 Å². The second-order valence-electron chi connectivity index (χ2n) is 3.48. The molecular weight excluding hydrogens is 206 g/mol. The molecule has 1 aromatic carbocycles. The van der Waals surface area contributed by atoms with Crippen molar-refractivity contribution in [3.8, 4) is 0 Å². The summed E-state index contributed by atoms with van der Waals surface area (Å²) >= 11 is 1.72. The van der Waals surface area contributed by atoms with Gasteiger partial charge in [0.1, 0.15) is 0 Å². The third-order valence-corrected chi connectivity index (χ3v) is 3.21. The lowest BCUT2D eigenvalue weighted by molar-refractivity contribution is 0.633. The molecule has 0 aromatic heterocycles. The predicted molar refractivity (Wildman–Crippen MR) is 66.6 cm³/mol. The zero-order valence-corrected chi connectivity index (χ0v) is 9.66. The zero-order chi connectivity index (χ0) is 10.7. The highest BCUT2D eigenvalue weighted by Crippen LogP contribution is 2.16. The molecule has 0 saturated carbocycles. The Bertz CT molecular complexity index is 396. The summed E-state index contributed by atoms with van der Waals surface area (Å²) in [6, 6.07) is 10.2. The van der Waals surface area contributed by atoms with Crippen LogP contribution in [0.1, 0.15) is 5.56 Å². The van der Waals surface area contributed by atoms with Crippen LogP contribution in [0.4, 0.5) is 0 Å². The van der Waals surface area contributed by atoms with E-state index in [0.717, 1.165) is 22.2 Å². The summed E-state index contributed by atoms with van der Waals surface area (Å²) in [5.74, 6) is 0.890. The van der Waals surface area contributed by atoms with Crippen molar-refractivity contribution < 1.29 is 0 Å². The molecule has 0 N–H and O–H groups in total. The predicted octanol–water partition coefficient (Wildman–Crippen LogP) is 2.06. The zero-order valence-electron chi connectivity index (χ0n) is 8.84. The first-order chi connectivity index (χ1) is 7.27. The number of rotatable bonds is 1. The maximum absolute atomic E-state index is 4.24. The van der Waals surface area contributed by atoms with Gasteiger partial charge >= 0.3 is 0 Å². The number of hydrogen-bond acceptors (Lipinski definition) is 4. The molecule has 0 atom stereocenters. The average molecular weight is 219 g/mol. The van der Waals surface area contributed by atoms with Crippen molar-refractivity contribution in [2.75, 3.05) is 19.8 Å². The van der Waals surface area contributed by atoms with E-state index in [9.17, 15) is 0 Å². The van der Waals surface area contributed by atoms with Gasteiger partial charge in [0.05, 0.1) is 5.71 Å². The van der Waals surface area contributed by atoms with Gasteiger partial charge in [-0.3, -0.25) is 0 Å². The fraction of sp³-hybridized carbons (Fsp3) is 0.273. The van der Waals surface area contributed by atoms with Crippen LogP contribution < -0.4 is 0 Å². The highest BCUT2D eigenvalue weighted by molar-refractivity contribution is 8.14. The van der Waals surface area contributed by atoms with E-state index in [0.29, 0.717) is 0 Å². The first-order valence-corrected chi connectivity index (χ1v) is 5.76. The van der Waals surface area contributed by atoms with Crippen molar-refractivity contribution in [2.45, 2.75) is 0 Å². The summed E-state index contributed by atoms with van der Waals surface area (Å²) < 4.78 is 0. The Morgan fingerprint density at radius 1 is 1.13 bits per heavy atom. The number of hydrogen-bond donors (Lipinski definition) is 0. The minimum Gasteiger partial charge on any atom is -0.356 e. The van der Waals surface area contributed by atoms with Crippen molar-refractivity contribution in [1.82, 2.24) is 4.90 Å². The second kappa shape index (κ2) is 4.49. The van der Waals surface area contributed by atoms with Gasteiger partial charge in [0.15, 0.2) is 5.17 Å². The molecule has 15 heavy (non-hydrogen) atoms. The van der Waals surface area contributed by atoms with Crippen LogP contribution in [0.25, 0.3) is 0 Å². The van der Waals surface area contributed by atoms with E-state index in [1.807, 2.05) is 37.2 Å². The lowest BCUT2D eigenvalue weighted by Gasteiger charge is -2.17. The van der Waals surface area contributed by atoms with Gasteiger partial charge in [-0.1, -0.05) is 42.1 Å². The van der Waals surface area contributed by atoms with Crippen LogP contribution in [0.2, 0.25) is 0 Å². The number of benzene rings is 1. The average Bonchev–Trinajstić information content (AvgIpc) is 2.30. The van der Waals surface area contributed by atoms with Crippen molar-refractivity contribution >= 4 is 22.6 Å². The molecular formula is C11H13N3S. The summed E-state index contributed by atoms with van der Waals surface area (Å²) in [4.78, 5) is 1.98. The number of nitrogens with zero attached hydrogens (tertiary/aromatic N) is 3. The molecule has 0 aliphatic carbocycles. The third-order valence-electron chi connectivity index (χ3n) is 2.08. The normalized spacial score (nSPS) is 15.6. The monoisotopic (exact) mass is 219 g/mol. The molecule has 0 amide bonds. The largest absolute Gasteiger partial charge is 0.356 e. The Hall–Kier alpha value is -1.29. The summed E-state index contributed by atoms with van der Waals surface area (Å²) in [6.45, 7) is 0. The summed E-state index contributed by atoms with van der Waals surface area (Å²) in [5.41, 5.74) is 2.21. The SMILES string of the molecule is CN(C)C1=NN=C(c2ccccc2)CS1. The van der Waals surface area contributed by atoms with Gasteiger partial charge in [0.25, 0.3) is 0 Å². The quantitative estimate of drug-likeness (QED) is 0.723. The highest BCUT2D eigenvalue weighted by Gasteiger charge is 2.12. The Morgan fingerprint density at radius 3 is 2.40 bits per heavy atom. The summed E-state index contributed by atoms with van der Waals surface area (Å²) in [7, 11) is 3.96. The minimum absolute atomic E-state index is 0.890. The lowest BCUT2D eigenvalue weighted by Crippen LogP contribution is -2.23. The van der Waals surface area contributed by atoms with Crippen LogP contribution in [0, 0.1) is 0 Å². The molecule has 1 aliphatic rings. The fourth-order valence-electron chi connectivity index (χ4n) is 1.28. The molecule has 4 heteroatoms. The summed E-state index contributed by atoms with van der Waals surface area (Å²) in [5, 5.41) is 9.39. The van der Waals surface area contributed by atoms with Crippen LogP contribution in [-0.2, 0) is 0 Å². The molecule has 1 aromatic rings. The lowest BCUT2D eigenvalue weighted by atomic mass is 10.1. The molecule has 78 valence electrons. The molecule has 0 bridgehead atoms. The molecule has 0 radical (unpaired) electrons. The van der Waals surface area contributed by atoms with Gasteiger partial charge in [-0.25, -0.2) is 0 Å². The van der Waals surface area contributed by atoms with Gasteiger partial charge in [0.2, 0.25) is 0 Å². The maximum atomic E-state index is 4.24. The van der Waals surface area contributed by atoms with E-state index in [-0.39, 0.29) is 0 Å². The van der Waals surface area contributed by atoms with E-state index in [1.165, 1.54) is 0 Å². The van der Waals surface area contributed by atoms with Crippen LogP contribution in [-0.4, -0.2) is 35.6 Å². The highest BCUT2D eigenvalue weighted by atomic mass is 32.2. The van der Waals surface area contributed by atoms with Gasteiger partial charge < -0.3 is 4.90 Å². The van der Waals surface area contributed by atoms with Crippen LogP contribution >= 0.6 is 11.8 Å². The third kappa shape index (κ3) is 2.39. The fourth-order valence-corrected chi connectivity index (χ4v) is 2.13. The molecule has 1 aliphatic heterocycles. The van der Waals surface area contributed by atoms with Crippen molar-refractivity contribution in [3.05, 3.63) is 35.9 Å². The van der Waals surface area contributed by atoms with Gasteiger partial charge in [0, 0.05) is 19.8 Å². The molecule has 0 fully saturated rings. The van der Waals surface area contributed by atoms with Crippen molar-refractivity contribution in [3.63, 3.8) is 0 Å². The van der Waals surface area contributed by atoms with Crippen molar-refractivity contribution in [2.24, 2.45) is 10.2 Å². The molecule has 3 nitrogen and oxygen atoms in total. The van der Waals surface area contributed by atoms with Crippen molar-refractivity contribution in [1.29, 1.82) is 0 Å². The second-order valence-corrected chi connectivity index (χ2v) is 4.42. The molecule has 1 heterocycles. The first-order valence-electron chi connectivity index (χ1n) is 4.77. The van der Waals surface area contributed by atoms with Gasteiger partial charge in [-0.05, 0) is 5.56 Å². The maximum Gasteiger partial charge on any atom is 0.185 e. The molecule has 2 rings (SSSR count). The van der Waals surface area contributed by atoms with Gasteiger partial charge in [-0.2, -0.15) is 5.10 Å². The van der Waals surface area contributed by atoms with Gasteiger partial charge in [-0.15, -0.1) is 5.10 Å². The van der Waals surface area contributed by atoms with E-state index in [4.69, 9.17) is 0 Å². The Morgan fingerprint density at radius 2 is 1.87 bits per heavy atom. The number of amidine groups is 1. The Labute approximate surface area is 93.9 Å². The smallest absolute Gasteiger partial charge is 0.185 e. The van der Waals surface area contributed by atoms with E-state index < -0.39 is 0 Å². The Balaban J connectivity index is 2.21. The number of thioether (sulfide) groups is 1. The Kier molecular flexibility index (Phi) is 3.06. The molecule has 0 spiro atoms. The van der Waals surface area contributed by atoms with E-state index in [2.05, 4.69) is 22.3 Å². The van der Waals surface area contributed by atoms with E-state index in [1.54, 1.807) is 11.8 Å². The standard InChI is InChI=1S/C11H13N3S/c1-14(2)11-13-12-10(8-15-11)9-6-4-3-5-7-9/h3-7H,8H2,1-2H3. The first kappa shape index (κ1) is 10.2. The van der Waals surface area contributed by atoms with Crippen LogP contribution in [0.3, 0.4) is 0 Å². The minimum atomic E-state index is 0.890.